The summed E-state index contributed by atoms with van der Waals surface area (Å²) in [4.78, 5) is 0. The van der Waals surface area contributed by atoms with Gasteiger partial charge in [-0.2, -0.15) is 0 Å². The fourth-order valence-electron chi connectivity index (χ4n) is 2.23. The summed E-state index contributed by atoms with van der Waals surface area (Å²) in [6.45, 7) is 3.70. The standard InChI is InChI=1S/C19H24O3/c1-2-7-19(20)17-10-6-11-18(14-17)22-13-12-21-15-16-8-4-3-5-9-16/h3-6,8-11,14,19-20H,2,7,12-13,15H2,1H3. The highest BCUT2D eigenvalue weighted by Gasteiger charge is 2.07. The molecule has 0 fully saturated rings. The lowest BCUT2D eigenvalue weighted by atomic mass is 10.1. The highest BCUT2D eigenvalue weighted by atomic mass is 16.5. The molecule has 2 rings (SSSR count). The van der Waals surface area contributed by atoms with Gasteiger partial charge in [-0.05, 0) is 29.7 Å². The van der Waals surface area contributed by atoms with Crippen LogP contribution in [-0.4, -0.2) is 18.3 Å². The summed E-state index contributed by atoms with van der Waals surface area (Å²) in [6, 6.07) is 17.7. The Morgan fingerprint density at radius 1 is 1.00 bits per heavy atom. The van der Waals surface area contributed by atoms with E-state index in [-0.39, 0.29) is 0 Å². The smallest absolute Gasteiger partial charge is 0.119 e. The Labute approximate surface area is 132 Å². The summed E-state index contributed by atoms with van der Waals surface area (Å²) in [5.41, 5.74) is 2.07. The molecule has 2 aromatic rings. The molecule has 0 aromatic heterocycles. The predicted molar refractivity (Wildman–Crippen MR) is 87.9 cm³/mol. The minimum atomic E-state index is -0.414. The molecule has 1 N–H and O–H groups in total. The van der Waals surface area contributed by atoms with E-state index in [2.05, 4.69) is 6.92 Å². The molecule has 2 aromatic carbocycles. The van der Waals surface area contributed by atoms with Crippen molar-refractivity contribution in [1.82, 2.24) is 0 Å². The van der Waals surface area contributed by atoms with Gasteiger partial charge in [-0.3, -0.25) is 0 Å². The largest absolute Gasteiger partial charge is 0.491 e. The van der Waals surface area contributed by atoms with Crippen molar-refractivity contribution in [2.24, 2.45) is 0 Å². The molecule has 0 aliphatic rings. The number of rotatable bonds is 9. The van der Waals surface area contributed by atoms with E-state index in [1.807, 2.05) is 54.6 Å². The van der Waals surface area contributed by atoms with Gasteiger partial charge in [-0.25, -0.2) is 0 Å². The maximum absolute atomic E-state index is 10.0. The van der Waals surface area contributed by atoms with Gasteiger partial charge in [-0.15, -0.1) is 0 Å². The topological polar surface area (TPSA) is 38.7 Å². The predicted octanol–water partition coefficient (Wildman–Crippen LogP) is 4.12. The average molecular weight is 300 g/mol. The van der Waals surface area contributed by atoms with E-state index in [9.17, 15) is 5.11 Å². The van der Waals surface area contributed by atoms with Crippen LogP contribution in [0, 0.1) is 0 Å². The quantitative estimate of drug-likeness (QED) is 0.708. The molecule has 22 heavy (non-hydrogen) atoms. The van der Waals surface area contributed by atoms with E-state index in [1.165, 1.54) is 0 Å². The molecule has 0 aliphatic heterocycles. The van der Waals surface area contributed by atoms with Gasteiger partial charge in [0, 0.05) is 0 Å². The Balaban J connectivity index is 1.71. The number of aliphatic hydroxyl groups excluding tert-OH is 1. The third-order valence-electron chi connectivity index (χ3n) is 3.41. The summed E-state index contributed by atoms with van der Waals surface area (Å²) in [5, 5.41) is 10.0. The van der Waals surface area contributed by atoms with Crippen LogP contribution in [-0.2, 0) is 11.3 Å². The molecule has 0 radical (unpaired) electrons. The fraction of sp³-hybridized carbons (Fsp3) is 0.368. The molecule has 3 nitrogen and oxygen atoms in total. The Morgan fingerprint density at radius 2 is 1.82 bits per heavy atom. The van der Waals surface area contributed by atoms with Crippen molar-refractivity contribution in [3.05, 3.63) is 65.7 Å². The number of aliphatic hydroxyl groups is 1. The number of hydrogen-bond acceptors (Lipinski definition) is 3. The van der Waals surface area contributed by atoms with Crippen LogP contribution in [0.5, 0.6) is 5.75 Å². The number of ether oxygens (including phenoxy) is 2. The molecule has 1 atom stereocenters. The molecule has 1 unspecified atom stereocenters. The SMILES string of the molecule is CCCC(O)c1cccc(OCCOCc2ccccc2)c1. The molecule has 0 amide bonds. The first-order chi connectivity index (χ1) is 10.8. The normalized spacial score (nSPS) is 12.1. The molecule has 0 spiro atoms. The molecule has 118 valence electrons. The van der Waals surface area contributed by atoms with E-state index in [0.717, 1.165) is 29.7 Å². The van der Waals surface area contributed by atoms with Gasteiger partial charge >= 0.3 is 0 Å². The zero-order valence-electron chi connectivity index (χ0n) is 13.1. The minimum Gasteiger partial charge on any atom is -0.491 e. The second-order valence-electron chi connectivity index (χ2n) is 5.26. The molecule has 0 heterocycles. The summed E-state index contributed by atoms with van der Waals surface area (Å²) in [5.74, 6) is 0.774. The summed E-state index contributed by atoms with van der Waals surface area (Å²) < 4.78 is 11.3. The molecule has 0 saturated heterocycles. The second kappa shape index (κ2) is 9.23. The van der Waals surface area contributed by atoms with Crippen LogP contribution in [0.25, 0.3) is 0 Å². The lowest BCUT2D eigenvalue weighted by Gasteiger charge is -2.12. The Morgan fingerprint density at radius 3 is 2.59 bits per heavy atom. The third-order valence-corrected chi connectivity index (χ3v) is 3.41. The van der Waals surface area contributed by atoms with Crippen LogP contribution in [0.4, 0.5) is 0 Å². The maximum Gasteiger partial charge on any atom is 0.119 e. The van der Waals surface area contributed by atoms with Crippen LogP contribution in [0.2, 0.25) is 0 Å². The second-order valence-corrected chi connectivity index (χ2v) is 5.26. The fourth-order valence-corrected chi connectivity index (χ4v) is 2.23. The van der Waals surface area contributed by atoms with E-state index >= 15 is 0 Å². The van der Waals surface area contributed by atoms with Gasteiger partial charge in [0.05, 0.1) is 19.3 Å². The molecule has 3 heteroatoms. The van der Waals surface area contributed by atoms with Gasteiger partial charge in [0.25, 0.3) is 0 Å². The highest BCUT2D eigenvalue weighted by Crippen LogP contribution is 2.22. The third kappa shape index (κ3) is 5.51. The van der Waals surface area contributed by atoms with E-state index in [4.69, 9.17) is 9.47 Å². The Hall–Kier alpha value is -1.84. The first kappa shape index (κ1) is 16.5. The monoisotopic (exact) mass is 300 g/mol. The van der Waals surface area contributed by atoms with E-state index in [0.29, 0.717) is 19.8 Å². The van der Waals surface area contributed by atoms with E-state index in [1.54, 1.807) is 0 Å². The van der Waals surface area contributed by atoms with Crippen molar-refractivity contribution in [2.45, 2.75) is 32.5 Å². The zero-order valence-corrected chi connectivity index (χ0v) is 13.1. The average Bonchev–Trinajstić information content (AvgIpc) is 2.56. The van der Waals surface area contributed by atoms with Crippen LogP contribution in [0.15, 0.2) is 54.6 Å². The number of hydrogen-bond donors (Lipinski definition) is 1. The van der Waals surface area contributed by atoms with Crippen molar-refractivity contribution < 1.29 is 14.6 Å². The number of benzene rings is 2. The van der Waals surface area contributed by atoms with Crippen molar-refractivity contribution in [3.8, 4) is 5.75 Å². The van der Waals surface area contributed by atoms with Crippen LogP contribution < -0.4 is 4.74 Å². The van der Waals surface area contributed by atoms with Gasteiger partial charge in [0.2, 0.25) is 0 Å². The van der Waals surface area contributed by atoms with Gasteiger partial charge < -0.3 is 14.6 Å². The molecule has 0 bridgehead atoms. The van der Waals surface area contributed by atoms with Crippen molar-refractivity contribution in [2.75, 3.05) is 13.2 Å². The van der Waals surface area contributed by atoms with Crippen LogP contribution in [0.1, 0.15) is 37.0 Å². The molecule has 0 aliphatic carbocycles. The lowest BCUT2D eigenvalue weighted by molar-refractivity contribution is 0.0887. The van der Waals surface area contributed by atoms with Crippen LogP contribution in [0.3, 0.4) is 0 Å². The molecular formula is C19H24O3. The van der Waals surface area contributed by atoms with Crippen molar-refractivity contribution in [3.63, 3.8) is 0 Å². The first-order valence-corrected chi connectivity index (χ1v) is 7.82. The summed E-state index contributed by atoms with van der Waals surface area (Å²) in [7, 11) is 0. The van der Waals surface area contributed by atoms with Gasteiger partial charge in [0.1, 0.15) is 12.4 Å². The van der Waals surface area contributed by atoms with E-state index < -0.39 is 6.10 Å². The molecule has 0 saturated carbocycles. The maximum atomic E-state index is 10.0. The van der Waals surface area contributed by atoms with Gasteiger partial charge in [-0.1, -0.05) is 55.8 Å². The summed E-state index contributed by atoms with van der Waals surface area (Å²) >= 11 is 0. The Bertz CT molecular complexity index is 539. The highest BCUT2D eigenvalue weighted by molar-refractivity contribution is 5.29. The van der Waals surface area contributed by atoms with Crippen molar-refractivity contribution >= 4 is 0 Å². The zero-order chi connectivity index (χ0) is 15.6. The summed E-state index contributed by atoms with van der Waals surface area (Å²) in [6.07, 6.45) is 1.31. The Kier molecular flexibility index (Phi) is 6.94. The van der Waals surface area contributed by atoms with Crippen LogP contribution >= 0.6 is 0 Å². The molecular weight excluding hydrogens is 276 g/mol. The minimum absolute atomic E-state index is 0.414. The van der Waals surface area contributed by atoms with Crippen molar-refractivity contribution in [1.29, 1.82) is 0 Å². The first-order valence-electron chi connectivity index (χ1n) is 7.82. The lowest BCUT2D eigenvalue weighted by Crippen LogP contribution is -2.07. The van der Waals surface area contributed by atoms with Gasteiger partial charge in [0.15, 0.2) is 0 Å².